The number of pyridine rings is 1. The molecule has 1 saturated carbocycles. The molecule has 0 amide bonds. The fourth-order valence-electron chi connectivity index (χ4n) is 2.47. The van der Waals surface area contributed by atoms with Crippen LogP contribution in [-0.2, 0) is 0 Å². The summed E-state index contributed by atoms with van der Waals surface area (Å²) >= 11 is 1.71. The quantitative estimate of drug-likeness (QED) is 0.691. The highest BCUT2D eigenvalue weighted by atomic mass is 32.1. The lowest BCUT2D eigenvalue weighted by Gasteiger charge is -2.04. The molecular weight excluding hydrogens is 264 g/mol. The highest BCUT2D eigenvalue weighted by molar-refractivity contribution is 7.13. The van der Waals surface area contributed by atoms with Gasteiger partial charge in [0.1, 0.15) is 5.01 Å². The van der Waals surface area contributed by atoms with Gasteiger partial charge in [0.2, 0.25) is 0 Å². The molecule has 0 spiro atoms. The van der Waals surface area contributed by atoms with Crippen molar-refractivity contribution in [2.24, 2.45) is 0 Å². The van der Waals surface area contributed by atoms with Crippen LogP contribution in [0.15, 0.2) is 54.2 Å². The Bertz CT molecular complexity index is 730. The molecule has 0 saturated heterocycles. The molecule has 0 N–H and O–H groups in total. The second-order valence-electron chi connectivity index (χ2n) is 5.14. The molecule has 0 aliphatic heterocycles. The molecule has 20 heavy (non-hydrogen) atoms. The lowest BCUT2D eigenvalue weighted by Crippen LogP contribution is -1.88. The van der Waals surface area contributed by atoms with Crippen LogP contribution < -0.4 is 0 Å². The largest absolute Gasteiger partial charge is 0.264 e. The average Bonchev–Trinajstić information content (AvgIpc) is 3.25. The van der Waals surface area contributed by atoms with E-state index in [0.29, 0.717) is 0 Å². The number of hydrogen-bond acceptors (Lipinski definition) is 3. The minimum Gasteiger partial charge on any atom is -0.264 e. The molecule has 3 heteroatoms. The minimum absolute atomic E-state index is 0.720. The fraction of sp³-hybridized carbons (Fsp3) is 0.176. The van der Waals surface area contributed by atoms with E-state index < -0.39 is 0 Å². The molecule has 0 bridgehead atoms. The van der Waals surface area contributed by atoms with E-state index in [1.165, 1.54) is 29.5 Å². The standard InChI is InChI=1S/C17H14N2S/c1-2-4-13(5-3-1)16-11-20-17(19-16)15-10-18-9-8-14(15)12-6-7-12/h1-5,8-12H,6-7H2. The molecule has 1 aliphatic carbocycles. The molecule has 1 aromatic carbocycles. The second kappa shape index (κ2) is 4.84. The van der Waals surface area contributed by atoms with E-state index in [-0.39, 0.29) is 0 Å². The average molecular weight is 278 g/mol. The first-order valence-corrected chi connectivity index (χ1v) is 7.75. The lowest BCUT2D eigenvalue weighted by atomic mass is 10.1. The highest BCUT2D eigenvalue weighted by Crippen LogP contribution is 2.44. The molecule has 3 aromatic rings. The van der Waals surface area contributed by atoms with Gasteiger partial charge in [-0.25, -0.2) is 4.98 Å². The third-order valence-electron chi connectivity index (χ3n) is 3.68. The molecule has 2 heterocycles. The van der Waals surface area contributed by atoms with Gasteiger partial charge in [0.05, 0.1) is 5.69 Å². The van der Waals surface area contributed by atoms with Crippen molar-refractivity contribution in [2.75, 3.05) is 0 Å². The van der Waals surface area contributed by atoms with Gasteiger partial charge in [-0.3, -0.25) is 4.98 Å². The number of thiazole rings is 1. The van der Waals surface area contributed by atoms with Gasteiger partial charge in [-0.05, 0) is 30.4 Å². The molecule has 4 rings (SSSR count). The monoisotopic (exact) mass is 278 g/mol. The van der Waals surface area contributed by atoms with E-state index in [1.54, 1.807) is 11.3 Å². The molecule has 1 fully saturated rings. The Labute approximate surface area is 122 Å². The van der Waals surface area contributed by atoms with Gasteiger partial charge in [0.15, 0.2) is 0 Å². The van der Waals surface area contributed by atoms with Crippen molar-refractivity contribution in [3.8, 4) is 21.8 Å². The van der Waals surface area contributed by atoms with Crippen molar-refractivity contribution in [3.63, 3.8) is 0 Å². The Morgan fingerprint density at radius 1 is 1.05 bits per heavy atom. The first-order chi connectivity index (χ1) is 9.92. The van der Waals surface area contributed by atoms with Gasteiger partial charge >= 0.3 is 0 Å². The van der Waals surface area contributed by atoms with E-state index >= 15 is 0 Å². The van der Waals surface area contributed by atoms with Crippen LogP contribution in [0, 0.1) is 0 Å². The van der Waals surface area contributed by atoms with Crippen LogP contribution in [0.1, 0.15) is 24.3 Å². The first-order valence-electron chi connectivity index (χ1n) is 6.87. The van der Waals surface area contributed by atoms with Crippen molar-refractivity contribution in [1.29, 1.82) is 0 Å². The normalized spacial score (nSPS) is 14.4. The van der Waals surface area contributed by atoms with E-state index in [4.69, 9.17) is 4.98 Å². The van der Waals surface area contributed by atoms with Gasteiger partial charge in [-0.2, -0.15) is 0 Å². The maximum absolute atomic E-state index is 4.80. The molecule has 98 valence electrons. The van der Waals surface area contributed by atoms with Gasteiger partial charge in [-0.15, -0.1) is 11.3 Å². The van der Waals surface area contributed by atoms with Crippen LogP contribution in [0.2, 0.25) is 0 Å². The summed E-state index contributed by atoms with van der Waals surface area (Å²) in [6.07, 6.45) is 6.45. The maximum atomic E-state index is 4.80. The van der Waals surface area contributed by atoms with Crippen molar-refractivity contribution in [2.45, 2.75) is 18.8 Å². The number of rotatable bonds is 3. The Balaban J connectivity index is 1.75. The third kappa shape index (κ3) is 2.14. The van der Waals surface area contributed by atoms with Gasteiger partial charge in [0.25, 0.3) is 0 Å². The first kappa shape index (κ1) is 11.8. The van der Waals surface area contributed by atoms with E-state index in [1.807, 2.05) is 30.6 Å². The lowest BCUT2D eigenvalue weighted by molar-refractivity contribution is 1.11. The van der Waals surface area contributed by atoms with E-state index in [2.05, 4.69) is 28.6 Å². The molecule has 0 atom stereocenters. The van der Waals surface area contributed by atoms with Crippen LogP contribution in [0.3, 0.4) is 0 Å². The number of aromatic nitrogens is 2. The Morgan fingerprint density at radius 2 is 1.90 bits per heavy atom. The van der Waals surface area contributed by atoms with Crippen LogP contribution in [0.4, 0.5) is 0 Å². The van der Waals surface area contributed by atoms with Crippen LogP contribution >= 0.6 is 11.3 Å². The van der Waals surface area contributed by atoms with Gasteiger partial charge < -0.3 is 0 Å². The van der Waals surface area contributed by atoms with Crippen LogP contribution in [0.25, 0.3) is 21.8 Å². The Kier molecular flexibility index (Phi) is 2.85. The van der Waals surface area contributed by atoms with Gasteiger partial charge in [-0.1, -0.05) is 30.3 Å². The topological polar surface area (TPSA) is 25.8 Å². The minimum atomic E-state index is 0.720. The van der Waals surface area contributed by atoms with E-state index in [9.17, 15) is 0 Å². The second-order valence-corrected chi connectivity index (χ2v) is 6.00. The van der Waals surface area contributed by atoms with Gasteiger partial charge in [0, 0.05) is 28.9 Å². The molecule has 1 aliphatic rings. The molecule has 0 unspecified atom stereocenters. The Morgan fingerprint density at radius 3 is 2.70 bits per heavy atom. The molecule has 2 nitrogen and oxygen atoms in total. The highest BCUT2D eigenvalue weighted by Gasteiger charge is 2.27. The maximum Gasteiger partial charge on any atom is 0.125 e. The predicted octanol–water partition coefficient (Wildman–Crippen LogP) is 4.75. The number of hydrogen-bond donors (Lipinski definition) is 0. The molecule has 2 aromatic heterocycles. The summed E-state index contributed by atoms with van der Waals surface area (Å²) in [6, 6.07) is 12.5. The molecular formula is C17H14N2S. The molecule has 0 radical (unpaired) electrons. The van der Waals surface area contributed by atoms with Crippen LogP contribution in [0.5, 0.6) is 0 Å². The summed E-state index contributed by atoms with van der Waals surface area (Å²) in [4.78, 5) is 9.08. The predicted molar refractivity (Wildman–Crippen MR) is 82.8 cm³/mol. The summed E-state index contributed by atoms with van der Waals surface area (Å²) in [6.45, 7) is 0. The summed E-state index contributed by atoms with van der Waals surface area (Å²) in [5.74, 6) is 0.720. The van der Waals surface area contributed by atoms with Crippen molar-refractivity contribution in [1.82, 2.24) is 9.97 Å². The summed E-state index contributed by atoms with van der Waals surface area (Å²) in [5, 5.41) is 3.22. The zero-order valence-corrected chi connectivity index (χ0v) is 11.8. The smallest absolute Gasteiger partial charge is 0.125 e. The number of benzene rings is 1. The van der Waals surface area contributed by atoms with Crippen molar-refractivity contribution < 1.29 is 0 Å². The summed E-state index contributed by atoms with van der Waals surface area (Å²) in [7, 11) is 0. The van der Waals surface area contributed by atoms with Crippen LogP contribution in [-0.4, -0.2) is 9.97 Å². The fourth-order valence-corrected chi connectivity index (χ4v) is 3.33. The zero-order valence-electron chi connectivity index (χ0n) is 11.0. The van der Waals surface area contributed by atoms with E-state index in [0.717, 1.165) is 16.6 Å². The SMILES string of the molecule is c1ccc(-c2csc(-c3cnccc3C3CC3)n2)cc1. The number of nitrogens with zero attached hydrogens (tertiary/aromatic N) is 2. The summed E-state index contributed by atoms with van der Waals surface area (Å²) < 4.78 is 0. The summed E-state index contributed by atoms with van der Waals surface area (Å²) in [5.41, 5.74) is 4.85. The Hall–Kier alpha value is -2.00. The van der Waals surface area contributed by atoms with Crippen molar-refractivity contribution in [3.05, 3.63) is 59.7 Å². The third-order valence-corrected chi connectivity index (χ3v) is 4.55. The van der Waals surface area contributed by atoms with Crippen molar-refractivity contribution >= 4 is 11.3 Å². The zero-order chi connectivity index (χ0) is 13.4.